The molecule has 1 aliphatic heterocycles. The number of hydrogen-bond acceptors (Lipinski definition) is 2. The maximum atomic E-state index is 12.9. The van der Waals surface area contributed by atoms with E-state index in [1.54, 1.807) is 12.1 Å². The van der Waals surface area contributed by atoms with E-state index in [9.17, 15) is 4.39 Å². The average Bonchev–Trinajstić information content (AvgIpc) is 2.05. The lowest BCUT2D eigenvalue weighted by Crippen LogP contribution is -2.34. The van der Waals surface area contributed by atoms with Crippen LogP contribution in [0.15, 0.2) is 18.2 Å². The molecular formula is C10H9FN2. The molecule has 13 heavy (non-hydrogen) atoms. The highest BCUT2D eigenvalue weighted by Crippen LogP contribution is 2.24. The van der Waals surface area contributed by atoms with E-state index < -0.39 is 5.82 Å². The molecule has 0 aliphatic carbocycles. The Bertz CT molecular complexity index is 364. The predicted octanol–water partition coefficient (Wildman–Crippen LogP) is 1.73. The van der Waals surface area contributed by atoms with Crippen LogP contribution in [0.5, 0.6) is 0 Å². The number of benzene rings is 1. The third-order valence-electron chi connectivity index (χ3n) is 2.34. The Morgan fingerprint density at radius 3 is 2.85 bits per heavy atom. The van der Waals surface area contributed by atoms with E-state index in [1.807, 2.05) is 6.07 Å². The molecule has 0 aromatic heterocycles. The Labute approximate surface area is 76.0 Å². The van der Waals surface area contributed by atoms with Crippen LogP contribution >= 0.6 is 0 Å². The quantitative estimate of drug-likeness (QED) is 0.707. The normalized spacial score (nSPS) is 20.5. The van der Waals surface area contributed by atoms with Gasteiger partial charge in [0.1, 0.15) is 11.9 Å². The van der Waals surface area contributed by atoms with Gasteiger partial charge in [-0.1, -0.05) is 6.07 Å². The fourth-order valence-electron chi connectivity index (χ4n) is 1.42. The molecular weight excluding hydrogens is 167 g/mol. The Kier molecular flexibility index (Phi) is 1.99. The van der Waals surface area contributed by atoms with Crippen molar-refractivity contribution in [2.75, 3.05) is 6.54 Å². The van der Waals surface area contributed by atoms with Crippen LogP contribution in [0, 0.1) is 17.1 Å². The van der Waals surface area contributed by atoms with Gasteiger partial charge in [-0.25, -0.2) is 4.39 Å². The van der Waals surface area contributed by atoms with Crippen LogP contribution in [-0.4, -0.2) is 6.54 Å². The lowest BCUT2D eigenvalue weighted by atomic mass is 9.96. The molecule has 1 aromatic carbocycles. The molecule has 0 spiro atoms. The van der Waals surface area contributed by atoms with Crippen LogP contribution in [0.3, 0.4) is 0 Å². The van der Waals surface area contributed by atoms with Crippen LogP contribution in [0.2, 0.25) is 0 Å². The fraction of sp³-hybridized carbons (Fsp3) is 0.300. The molecule has 1 atom stereocenters. The van der Waals surface area contributed by atoms with E-state index in [-0.39, 0.29) is 5.56 Å². The molecule has 0 radical (unpaired) electrons. The molecule has 0 saturated carbocycles. The zero-order valence-corrected chi connectivity index (χ0v) is 7.05. The molecule has 1 saturated heterocycles. The first kappa shape index (κ1) is 8.21. The van der Waals surface area contributed by atoms with Crippen molar-refractivity contribution in [2.45, 2.75) is 12.5 Å². The summed E-state index contributed by atoms with van der Waals surface area (Å²) < 4.78 is 12.9. The van der Waals surface area contributed by atoms with Crippen molar-refractivity contribution in [3.8, 4) is 6.07 Å². The van der Waals surface area contributed by atoms with Crippen molar-refractivity contribution >= 4 is 0 Å². The lowest BCUT2D eigenvalue weighted by Gasteiger charge is -2.28. The first-order chi connectivity index (χ1) is 6.31. The molecule has 0 bridgehead atoms. The zero-order chi connectivity index (χ0) is 9.26. The minimum absolute atomic E-state index is 0.131. The SMILES string of the molecule is N#Cc1cc([C@@H]2CCN2)ccc1F. The van der Waals surface area contributed by atoms with E-state index in [1.165, 1.54) is 6.07 Å². The maximum Gasteiger partial charge on any atom is 0.140 e. The van der Waals surface area contributed by atoms with Gasteiger partial charge in [-0.3, -0.25) is 0 Å². The van der Waals surface area contributed by atoms with Gasteiger partial charge in [0.25, 0.3) is 0 Å². The van der Waals surface area contributed by atoms with Gasteiger partial charge in [-0.05, 0) is 30.7 Å². The molecule has 1 aliphatic rings. The summed E-state index contributed by atoms with van der Waals surface area (Å²) in [7, 11) is 0. The van der Waals surface area contributed by atoms with E-state index in [0.717, 1.165) is 18.5 Å². The summed E-state index contributed by atoms with van der Waals surface area (Å²) in [5.41, 5.74) is 1.13. The minimum Gasteiger partial charge on any atom is -0.310 e. The predicted molar refractivity (Wildman–Crippen MR) is 46.5 cm³/mol. The van der Waals surface area contributed by atoms with Crippen molar-refractivity contribution in [1.29, 1.82) is 5.26 Å². The van der Waals surface area contributed by atoms with Crippen molar-refractivity contribution in [3.05, 3.63) is 35.1 Å². The summed E-state index contributed by atoms with van der Waals surface area (Å²) >= 11 is 0. The summed E-state index contributed by atoms with van der Waals surface area (Å²) in [6, 6.07) is 6.85. The van der Waals surface area contributed by atoms with Gasteiger partial charge < -0.3 is 5.32 Å². The standard InChI is InChI=1S/C10H9FN2/c11-9-2-1-7(5-8(9)6-12)10-3-4-13-10/h1-2,5,10,13H,3-4H2/t10-/m0/s1. The number of hydrogen-bond donors (Lipinski definition) is 1. The third kappa shape index (κ3) is 1.41. The monoisotopic (exact) mass is 176 g/mol. The van der Waals surface area contributed by atoms with Gasteiger partial charge in [0.15, 0.2) is 0 Å². The topological polar surface area (TPSA) is 35.8 Å². The van der Waals surface area contributed by atoms with Gasteiger partial charge in [-0.2, -0.15) is 5.26 Å². The Hall–Kier alpha value is -1.40. The number of nitrogens with zero attached hydrogens (tertiary/aromatic N) is 1. The molecule has 0 unspecified atom stereocenters. The highest BCUT2D eigenvalue weighted by molar-refractivity contribution is 5.36. The zero-order valence-electron chi connectivity index (χ0n) is 7.05. The number of nitriles is 1. The first-order valence-electron chi connectivity index (χ1n) is 4.24. The summed E-state index contributed by atoms with van der Waals surface area (Å²) in [4.78, 5) is 0. The molecule has 1 heterocycles. The Morgan fingerprint density at radius 1 is 1.54 bits per heavy atom. The van der Waals surface area contributed by atoms with Gasteiger partial charge in [-0.15, -0.1) is 0 Å². The molecule has 66 valence electrons. The first-order valence-corrected chi connectivity index (χ1v) is 4.24. The van der Waals surface area contributed by atoms with Crippen LogP contribution in [0.1, 0.15) is 23.6 Å². The van der Waals surface area contributed by atoms with Gasteiger partial charge in [0.05, 0.1) is 5.56 Å². The smallest absolute Gasteiger partial charge is 0.140 e. The van der Waals surface area contributed by atoms with Gasteiger partial charge >= 0.3 is 0 Å². The number of halogens is 1. The summed E-state index contributed by atoms with van der Waals surface area (Å²) in [6.07, 6.45) is 1.07. The molecule has 1 fully saturated rings. The van der Waals surface area contributed by atoms with Gasteiger partial charge in [0.2, 0.25) is 0 Å². The molecule has 2 rings (SSSR count). The average molecular weight is 176 g/mol. The lowest BCUT2D eigenvalue weighted by molar-refractivity contribution is 0.383. The van der Waals surface area contributed by atoms with E-state index in [2.05, 4.69) is 5.32 Å². The molecule has 1 N–H and O–H groups in total. The van der Waals surface area contributed by atoms with Crippen molar-refractivity contribution < 1.29 is 4.39 Å². The van der Waals surface area contributed by atoms with E-state index in [0.29, 0.717) is 6.04 Å². The molecule has 2 nitrogen and oxygen atoms in total. The van der Waals surface area contributed by atoms with Crippen molar-refractivity contribution in [2.24, 2.45) is 0 Å². The van der Waals surface area contributed by atoms with Crippen LogP contribution in [-0.2, 0) is 0 Å². The maximum absolute atomic E-state index is 12.9. The molecule has 1 aromatic rings. The van der Waals surface area contributed by atoms with Crippen LogP contribution in [0.25, 0.3) is 0 Å². The minimum atomic E-state index is -0.439. The summed E-state index contributed by atoms with van der Waals surface area (Å²) in [6.45, 7) is 1.00. The second-order valence-electron chi connectivity index (χ2n) is 3.15. The second kappa shape index (κ2) is 3.15. The Morgan fingerprint density at radius 2 is 2.31 bits per heavy atom. The Balaban J connectivity index is 2.33. The molecule has 0 amide bonds. The summed E-state index contributed by atoms with van der Waals surface area (Å²) in [5, 5.41) is 11.8. The van der Waals surface area contributed by atoms with Crippen LogP contribution < -0.4 is 5.32 Å². The highest BCUT2D eigenvalue weighted by Gasteiger charge is 2.19. The van der Waals surface area contributed by atoms with E-state index >= 15 is 0 Å². The van der Waals surface area contributed by atoms with E-state index in [4.69, 9.17) is 5.26 Å². The third-order valence-corrected chi connectivity index (χ3v) is 2.34. The van der Waals surface area contributed by atoms with Gasteiger partial charge in [0, 0.05) is 6.04 Å². The molecule has 3 heteroatoms. The number of rotatable bonds is 1. The number of nitrogens with one attached hydrogen (secondary N) is 1. The van der Waals surface area contributed by atoms with Crippen molar-refractivity contribution in [3.63, 3.8) is 0 Å². The summed E-state index contributed by atoms with van der Waals surface area (Å²) in [5.74, 6) is -0.439. The highest BCUT2D eigenvalue weighted by atomic mass is 19.1. The largest absolute Gasteiger partial charge is 0.310 e. The fourth-order valence-corrected chi connectivity index (χ4v) is 1.42. The van der Waals surface area contributed by atoms with Crippen molar-refractivity contribution in [1.82, 2.24) is 5.32 Å². The van der Waals surface area contributed by atoms with Crippen LogP contribution in [0.4, 0.5) is 4.39 Å². The second-order valence-corrected chi connectivity index (χ2v) is 3.15.